The summed E-state index contributed by atoms with van der Waals surface area (Å²) in [5, 5.41) is 0. The van der Waals surface area contributed by atoms with Crippen LogP contribution in [0, 0.1) is 5.92 Å². The smallest absolute Gasteiger partial charge is 0.333 e. The molecule has 1 aliphatic carbocycles. The molecule has 84 valence electrons. The first-order valence-corrected chi connectivity index (χ1v) is 5.41. The fourth-order valence-corrected chi connectivity index (χ4v) is 2.15. The highest BCUT2D eigenvalue weighted by Crippen LogP contribution is 2.39. The summed E-state index contributed by atoms with van der Waals surface area (Å²) < 4.78 is 5.45. The van der Waals surface area contributed by atoms with Crippen molar-refractivity contribution in [2.24, 2.45) is 5.92 Å². The van der Waals surface area contributed by atoms with Gasteiger partial charge in [0.25, 0.3) is 0 Å². The SMILES string of the molecule is C=C(C)C(=O)OC(C)(C)C1CCCC1=C. The van der Waals surface area contributed by atoms with Gasteiger partial charge in [-0.15, -0.1) is 0 Å². The first-order chi connectivity index (χ1) is 6.84. The standard InChI is InChI=1S/C13H20O2/c1-9(2)12(14)15-13(4,5)11-8-6-7-10(11)3/h11H,1,3,6-8H2,2,4-5H3. The van der Waals surface area contributed by atoms with E-state index >= 15 is 0 Å². The Morgan fingerprint density at radius 1 is 1.53 bits per heavy atom. The average molecular weight is 208 g/mol. The zero-order valence-electron chi connectivity index (χ0n) is 9.93. The van der Waals surface area contributed by atoms with Gasteiger partial charge in [0.15, 0.2) is 0 Å². The van der Waals surface area contributed by atoms with Crippen molar-refractivity contribution < 1.29 is 9.53 Å². The fourth-order valence-electron chi connectivity index (χ4n) is 2.15. The Kier molecular flexibility index (Phi) is 3.38. The second kappa shape index (κ2) is 4.21. The van der Waals surface area contributed by atoms with Gasteiger partial charge in [-0.05, 0) is 40.0 Å². The Hall–Kier alpha value is -1.05. The molecule has 0 spiro atoms. The molecule has 0 aromatic rings. The van der Waals surface area contributed by atoms with Gasteiger partial charge in [-0.2, -0.15) is 0 Å². The number of esters is 1. The van der Waals surface area contributed by atoms with Crippen molar-refractivity contribution in [2.75, 3.05) is 0 Å². The molecule has 0 heterocycles. The molecule has 1 aliphatic rings. The van der Waals surface area contributed by atoms with Gasteiger partial charge in [0.2, 0.25) is 0 Å². The van der Waals surface area contributed by atoms with Crippen molar-refractivity contribution in [3.8, 4) is 0 Å². The second-order valence-electron chi connectivity index (χ2n) is 4.88. The normalized spacial score (nSPS) is 21.5. The third-order valence-electron chi connectivity index (χ3n) is 3.03. The molecule has 1 fully saturated rings. The van der Waals surface area contributed by atoms with Crippen molar-refractivity contribution in [1.29, 1.82) is 0 Å². The van der Waals surface area contributed by atoms with Gasteiger partial charge >= 0.3 is 5.97 Å². The van der Waals surface area contributed by atoms with Gasteiger partial charge in [-0.3, -0.25) is 0 Å². The lowest BCUT2D eigenvalue weighted by Gasteiger charge is -2.32. The summed E-state index contributed by atoms with van der Waals surface area (Å²) in [6, 6.07) is 0. The van der Waals surface area contributed by atoms with E-state index in [4.69, 9.17) is 4.74 Å². The molecular formula is C13H20O2. The molecule has 0 aromatic carbocycles. The zero-order chi connectivity index (χ0) is 11.6. The van der Waals surface area contributed by atoms with Gasteiger partial charge in [-0.1, -0.05) is 18.7 Å². The Labute approximate surface area is 92.0 Å². The highest BCUT2D eigenvalue weighted by Gasteiger charge is 2.37. The summed E-state index contributed by atoms with van der Waals surface area (Å²) in [5.41, 5.74) is 1.20. The van der Waals surface area contributed by atoms with E-state index in [2.05, 4.69) is 13.2 Å². The van der Waals surface area contributed by atoms with Crippen LogP contribution in [0.1, 0.15) is 40.0 Å². The van der Waals surface area contributed by atoms with Crippen LogP contribution in [-0.4, -0.2) is 11.6 Å². The summed E-state index contributed by atoms with van der Waals surface area (Å²) in [6.07, 6.45) is 3.27. The van der Waals surface area contributed by atoms with Crippen molar-refractivity contribution in [3.05, 3.63) is 24.3 Å². The Morgan fingerprint density at radius 2 is 2.13 bits per heavy atom. The van der Waals surface area contributed by atoms with Crippen LogP contribution in [0.25, 0.3) is 0 Å². The maximum atomic E-state index is 11.5. The largest absolute Gasteiger partial charge is 0.456 e. The van der Waals surface area contributed by atoms with E-state index in [1.165, 1.54) is 5.57 Å². The van der Waals surface area contributed by atoms with E-state index in [0.29, 0.717) is 11.5 Å². The molecule has 0 amide bonds. The summed E-state index contributed by atoms with van der Waals surface area (Å²) >= 11 is 0. The number of hydrogen-bond donors (Lipinski definition) is 0. The zero-order valence-corrected chi connectivity index (χ0v) is 9.93. The van der Waals surface area contributed by atoms with E-state index < -0.39 is 5.60 Å². The van der Waals surface area contributed by atoms with Crippen LogP contribution in [0.5, 0.6) is 0 Å². The molecule has 0 aromatic heterocycles. The molecule has 0 N–H and O–H groups in total. The van der Waals surface area contributed by atoms with Crippen molar-refractivity contribution in [3.63, 3.8) is 0 Å². The molecule has 2 heteroatoms. The van der Waals surface area contributed by atoms with Crippen LogP contribution >= 0.6 is 0 Å². The van der Waals surface area contributed by atoms with Gasteiger partial charge in [-0.25, -0.2) is 4.79 Å². The Bertz CT molecular complexity index is 300. The molecule has 0 saturated heterocycles. The predicted molar refractivity (Wildman–Crippen MR) is 61.5 cm³/mol. The van der Waals surface area contributed by atoms with Crippen LogP contribution in [0.3, 0.4) is 0 Å². The number of rotatable bonds is 3. The summed E-state index contributed by atoms with van der Waals surface area (Å²) in [4.78, 5) is 11.5. The molecule has 1 rings (SSSR count). The van der Waals surface area contributed by atoms with Crippen LogP contribution < -0.4 is 0 Å². The highest BCUT2D eigenvalue weighted by atomic mass is 16.6. The lowest BCUT2D eigenvalue weighted by molar-refractivity contribution is -0.155. The van der Waals surface area contributed by atoms with E-state index in [1.54, 1.807) is 6.92 Å². The third kappa shape index (κ3) is 2.71. The minimum absolute atomic E-state index is 0.292. The van der Waals surface area contributed by atoms with E-state index in [-0.39, 0.29) is 5.97 Å². The highest BCUT2D eigenvalue weighted by molar-refractivity contribution is 5.87. The van der Waals surface area contributed by atoms with Crippen LogP contribution in [0.4, 0.5) is 0 Å². The van der Waals surface area contributed by atoms with E-state index in [1.807, 2.05) is 13.8 Å². The minimum atomic E-state index is -0.455. The fraction of sp³-hybridized carbons (Fsp3) is 0.615. The van der Waals surface area contributed by atoms with Crippen LogP contribution in [0.15, 0.2) is 24.3 Å². The van der Waals surface area contributed by atoms with E-state index in [0.717, 1.165) is 19.3 Å². The maximum absolute atomic E-state index is 11.5. The molecule has 15 heavy (non-hydrogen) atoms. The summed E-state index contributed by atoms with van der Waals surface area (Å²) in [7, 11) is 0. The number of carbonyl (C=O) groups is 1. The number of hydrogen-bond acceptors (Lipinski definition) is 2. The van der Waals surface area contributed by atoms with Crippen molar-refractivity contribution >= 4 is 5.97 Å². The second-order valence-corrected chi connectivity index (χ2v) is 4.88. The first kappa shape index (κ1) is 12.0. The van der Waals surface area contributed by atoms with Gasteiger partial charge in [0, 0.05) is 11.5 Å². The van der Waals surface area contributed by atoms with Gasteiger partial charge < -0.3 is 4.74 Å². The molecule has 2 nitrogen and oxygen atoms in total. The Morgan fingerprint density at radius 3 is 2.53 bits per heavy atom. The summed E-state index contributed by atoms with van der Waals surface area (Å²) in [5.74, 6) is -0.0134. The molecule has 0 radical (unpaired) electrons. The van der Waals surface area contributed by atoms with E-state index in [9.17, 15) is 4.79 Å². The van der Waals surface area contributed by atoms with Gasteiger partial charge in [0.1, 0.15) is 5.60 Å². The average Bonchev–Trinajstić information content (AvgIpc) is 2.50. The molecule has 0 bridgehead atoms. The number of ether oxygens (including phenoxy) is 1. The lowest BCUT2D eigenvalue weighted by atomic mass is 9.87. The molecule has 1 unspecified atom stereocenters. The minimum Gasteiger partial charge on any atom is -0.456 e. The monoisotopic (exact) mass is 208 g/mol. The third-order valence-corrected chi connectivity index (χ3v) is 3.03. The molecule has 1 saturated carbocycles. The first-order valence-electron chi connectivity index (χ1n) is 5.41. The molecular weight excluding hydrogens is 188 g/mol. The maximum Gasteiger partial charge on any atom is 0.333 e. The lowest BCUT2D eigenvalue weighted by Crippen LogP contribution is -2.36. The topological polar surface area (TPSA) is 26.3 Å². The van der Waals surface area contributed by atoms with Crippen LogP contribution in [0.2, 0.25) is 0 Å². The molecule has 0 aliphatic heterocycles. The molecule has 1 atom stereocenters. The summed E-state index contributed by atoms with van der Waals surface area (Å²) in [6.45, 7) is 13.2. The predicted octanol–water partition coefficient (Wildman–Crippen LogP) is 3.24. The number of carbonyl (C=O) groups excluding carboxylic acids is 1. The Balaban J connectivity index is 2.69. The quantitative estimate of drug-likeness (QED) is 0.404. The van der Waals surface area contributed by atoms with Crippen molar-refractivity contribution in [1.82, 2.24) is 0 Å². The van der Waals surface area contributed by atoms with Crippen LogP contribution in [-0.2, 0) is 9.53 Å². The van der Waals surface area contributed by atoms with Gasteiger partial charge in [0.05, 0.1) is 0 Å². The van der Waals surface area contributed by atoms with Crippen molar-refractivity contribution in [2.45, 2.75) is 45.6 Å².